The molecule has 1 amide bonds. The summed E-state index contributed by atoms with van der Waals surface area (Å²) in [5.74, 6) is -0.149. The summed E-state index contributed by atoms with van der Waals surface area (Å²) in [4.78, 5) is 12.7. The van der Waals surface area contributed by atoms with Crippen LogP contribution in [0, 0.1) is 6.92 Å². The van der Waals surface area contributed by atoms with Crippen LogP contribution in [0.25, 0.3) is 11.3 Å². The van der Waals surface area contributed by atoms with E-state index >= 15 is 0 Å². The number of anilines is 1. The third kappa shape index (κ3) is 4.06. The molecule has 1 aliphatic rings. The lowest BCUT2D eigenvalue weighted by Gasteiger charge is -2.09. The summed E-state index contributed by atoms with van der Waals surface area (Å²) < 4.78 is 1.75. The molecule has 6 nitrogen and oxygen atoms in total. The number of nitrogens with zero attached hydrogens (tertiary/aromatic N) is 3. The lowest BCUT2D eigenvalue weighted by Crippen LogP contribution is -2.13. The molecule has 0 spiro atoms. The van der Waals surface area contributed by atoms with Crippen LogP contribution in [-0.2, 0) is 6.54 Å². The van der Waals surface area contributed by atoms with Crippen molar-refractivity contribution in [3.05, 3.63) is 65.9 Å². The Kier molecular flexibility index (Phi) is 4.49. The maximum atomic E-state index is 12.7. The summed E-state index contributed by atoms with van der Waals surface area (Å²) in [6, 6.07) is 15.1. The van der Waals surface area contributed by atoms with Crippen molar-refractivity contribution in [3.63, 3.8) is 0 Å². The summed E-state index contributed by atoms with van der Waals surface area (Å²) in [7, 11) is 0. The third-order valence-electron chi connectivity index (χ3n) is 4.98. The zero-order valence-corrected chi connectivity index (χ0v) is 15.2. The second-order valence-corrected chi connectivity index (χ2v) is 7.19. The Morgan fingerprint density at radius 3 is 2.74 bits per heavy atom. The quantitative estimate of drug-likeness (QED) is 0.704. The van der Waals surface area contributed by atoms with E-state index < -0.39 is 5.60 Å². The smallest absolute Gasteiger partial charge is 0.255 e. The molecule has 6 heteroatoms. The van der Waals surface area contributed by atoms with E-state index in [0.29, 0.717) is 24.2 Å². The lowest BCUT2D eigenvalue weighted by atomic mass is 10.0. The fraction of sp³-hybridized carbons (Fsp3) is 0.286. The first kappa shape index (κ1) is 17.4. The Morgan fingerprint density at radius 2 is 2.00 bits per heavy atom. The lowest BCUT2D eigenvalue weighted by molar-refractivity contribution is 0.102. The molecule has 1 aromatic heterocycles. The van der Waals surface area contributed by atoms with Gasteiger partial charge in [0.25, 0.3) is 5.91 Å². The molecule has 1 aliphatic carbocycles. The normalized spacial score (nSPS) is 14.7. The Balaban J connectivity index is 1.51. The SMILES string of the molecule is Cc1ccc(-c2cn(CCC3(O)CC3)nn2)cc1C(=O)Nc1ccccc1. The van der Waals surface area contributed by atoms with Gasteiger partial charge in [-0.2, -0.15) is 0 Å². The molecule has 27 heavy (non-hydrogen) atoms. The number of aliphatic hydroxyl groups is 1. The molecule has 2 aromatic carbocycles. The predicted molar refractivity (Wildman–Crippen MR) is 103 cm³/mol. The van der Waals surface area contributed by atoms with Crippen LogP contribution in [0.1, 0.15) is 35.2 Å². The number of carbonyl (C=O) groups is 1. The van der Waals surface area contributed by atoms with Gasteiger partial charge in [-0.1, -0.05) is 35.5 Å². The molecule has 0 aliphatic heterocycles. The molecule has 0 radical (unpaired) electrons. The van der Waals surface area contributed by atoms with Crippen LogP contribution in [-0.4, -0.2) is 31.6 Å². The van der Waals surface area contributed by atoms with E-state index in [9.17, 15) is 9.90 Å². The van der Waals surface area contributed by atoms with Crippen molar-refractivity contribution in [2.45, 2.75) is 38.3 Å². The van der Waals surface area contributed by atoms with Gasteiger partial charge in [0, 0.05) is 23.4 Å². The Morgan fingerprint density at radius 1 is 1.22 bits per heavy atom. The van der Waals surface area contributed by atoms with Crippen LogP contribution in [0.15, 0.2) is 54.7 Å². The Labute approximate surface area is 157 Å². The van der Waals surface area contributed by atoms with E-state index in [0.717, 1.165) is 29.7 Å². The van der Waals surface area contributed by atoms with E-state index in [2.05, 4.69) is 15.6 Å². The minimum Gasteiger partial charge on any atom is -0.390 e. The Bertz CT molecular complexity index is 961. The highest BCUT2D eigenvalue weighted by atomic mass is 16.3. The molecule has 2 N–H and O–H groups in total. The molecule has 0 atom stereocenters. The number of benzene rings is 2. The average molecular weight is 362 g/mol. The molecular weight excluding hydrogens is 340 g/mol. The van der Waals surface area contributed by atoms with Crippen LogP contribution in [0.5, 0.6) is 0 Å². The molecule has 4 rings (SSSR count). The van der Waals surface area contributed by atoms with Gasteiger partial charge in [0.2, 0.25) is 0 Å². The monoisotopic (exact) mass is 362 g/mol. The van der Waals surface area contributed by atoms with Crippen molar-refractivity contribution in [1.29, 1.82) is 0 Å². The highest BCUT2D eigenvalue weighted by Gasteiger charge is 2.39. The number of para-hydroxylation sites is 1. The van der Waals surface area contributed by atoms with Gasteiger partial charge in [-0.25, -0.2) is 0 Å². The van der Waals surface area contributed by atoms with Crippen molar-refractivity contribution in [1.82, 2.24) is 15.0 Å². The average Bonchev–Trinajstić information content (AvgIpc) is 3.22. The number of aryl methyl sites for hydroxylation is 2. The van der Waals surface area contributed by atoms with E-state index in [1.807, 2.05) is 61.7 Å². The van der Waals surface area contributed by atoms with E-state index in [4.69, 9.17) is 0 Å². The van der Waals surface area contributed by atoms with Crippen molar-refractivity contribution >= 4 is 11.6 Å². The first-order valence-corrected chi connectivity index (χ1v) is 9.12. The van der Waals surface area contributed by atoms with Gasteiger partial charge >= 0.3 is 0 Å². The van der Waals surface area contributed by atoms with Crippen molar-refractivity contribution in [2.24, 2.45) is 0 Å². The highest BCUT2D eigenvalue weighted by Crippen LogP contribution is 2.38. The molecule has 1 fully saturated rings. The summed E-state index contributed by atoms with van der Waals surface area (Å²) in [6.07, 6.45) is 4.28. The largest absolute Gasteiger partial charge is 0.390 e. The molecule has 0 unspecified atom stereocenters. The predicted octanol–water partition coefficient (Wildman–Crippen LogP) is 3.42. The van der Waals surface area contributed by atoms with Crippen molar-refractivity contribution in [3.8, 4) is 11.3 Å². The highest BCUT2D eigenvalue weighted by molar-refractivity contribution is 6.05. The van der Waals surface area contributed by atoms with Gasteiger partial charge in [0.15, 0.2) is 0 Å². The van der Waals surface area contributed by atoms with Crippen LogP contribution in [0.3, 0.4) is 0 Å². The van der Waals surface area contributed by atoms with Gasteiger partial charge in [-0.3, -0.25) is 9.48 Å². The third-order valence-corrected chi connectivity index (χ3v) is 4.98. The van der Waals surface area contributed by atoms with Crippen LogP contribution in [0.2, 0.25) is 0 Å². The standard InChI is InChI=1S/C21H22N4O2/c1-15-7-8-16(13-18(15)20(26)22-17-5-3-2-4-6-17)19-14-25(24-23-19)12-11-21(27)9-10-21/h2-8,13-14,27H,9-12H2,1H3,(H,22,26). The van der Waals surface area contributed by atoms with Gasteiger partial charge in [0.1, 0.15) is 5.69 Å². The summed E-state index contributed by atoms with van der Waals surface area (Å²) in [6.45, 7) is 2.55. The maximum absolute atomic E-state index is 12.7. The summed E-state index contributed by atoms with van der Waals surface area (Å²) in [5.41, 5.74) is 3.32. The van der Waals surface area contributed by atoms with E-state index in [-0.39, 0.29) is 5.91 Å². The maximum Gasteiger partial charge on any atom is 0.255 e. The molecule has 1 heterocycles. The number of hydrogen-bond donors (Lipinski definition) is 2. The zero-order valence-electron chi connectivity index (χ0n) is 15.2. The minimum absolute atomic E-state index is 0.149. The van der Waals surface area contributed by atoms with Crippen LogP contribution >= 0.6 is 0 Å². The molecular formula is C21H22N4O2. The summed E-state index contributed by atoms with van der Waals surface area (Å²) in [5, 5.41) is 21.2. The zero-order chi connectivity index (χ0) is 18.9. The number of hydrogen-bond acceptors (Lipinski definition) is 4. The molecule has 138 valence electrons. The minimum atomic E-state index is -0.501. The van der Waals surface area contributed by atoms with Gasteiger partial charge in [-0.15, -0.1) is 5.10 Å². The number of rotatable bonds is 6. The van der Waals surface area contributed by atoms with Gasteiger partial charge < -0.3 is 10.4 Å². The molecule has 0 bridgehead atoms. The number of aromatic nitrogens is 3. The second-order valence-electron chi connectivity index (χ2n) is 7.19. The Hall–Kier alpha value is -2.99. The fourth-order valence-corrected chi connectivity index (χ4v) is 3.00. The van der Waals surface area contributed by atoms with Crippen LogP contribution < -0.4 is 5.32 Å². The summed E-state index contributed by atoms with van der Waals surface area (Å²) >= 11 is 0. The number of carbonyl (C=O) groups excluding carboxylic acids is 1. The van der Waals surface area contributed by atoms with E-state index in [1.54, 1.807) is 4.68 Å². The molecule has 0 saturated heterocycles. The van der Waals surface area contributed by atoms with Crippen molar-refractivity contribution in [2.75, 3.05) is 5.32 Å². The fourth-order valence-electron chi connectivity index (χ4n) is 3.00. The molecule has 3 aromatic rings. The van der Waals surface area contributed by atoms with Crippen LogP contribution in [0.4, 0.5) is 5.69 Å². The first-order chi connectivity index (χ1) is 13.0. The first-order valence-electron chi connectivity index (χ1n) is 9.12. The number of amides is 1. The van der Waals surface area contributed by atoms with Gasteiger partial charge in [-0.05, 0) is 49.9 Å². The second kappa shape index (κ2) is 6.96. The van der Waals surface area contributed by atoms with Gasteiger partial charge in [0.05, 0.1) is 11.8 Å². The molecule has 1 saturated carbocycles. The van der Waals surface area contributed by atoms with Crippen molar-refractivity contribution < 1.29 is 9.90 Å². The van der Waals surface area contributed by atoms with E-state index in [1.165, 1.54) is 0 Å². The topological polar surface area (TPSA) is 80.0 Å². The number of nitrogens with one attached hydrogen (secondary N) is 1.